The second kappa shape index (κ2) is 7.14. The van der Waals surface area contributed by atoms with Crippen molar-refractivity contribution in [3.05, 3.63) is 0 Å². The Hall–Kier alpha value is -0.750. The predicted octanol–water partition coefficient (Wildman–Crippen LogP) is 0.882. The van der Waals surface area contributed by atoms with E-state index < -0.39 is 6.04 Å². The van der Waals surface area contributed by atoms with Crippen LogP contribution in [0.25, 0.3) is 0 Å². The lowest BCUT2D eigenvalue weighted by molar-refractivity contribution is -0.153. The Morgan fingerprint density at radius 2 is 2.11 bits per heavy atom. The zero-order chi connectivity index (χ0) is 14.5. The fraction of sp³-hybridized carbons (Fsp3) is 0.846. The fourth-order valence-electron chi connectivity index (χ4n) is 1.78. The van der Waals surface area contributed by atoms with Gasteiger partial charge in [0.2, 0.25) is 5.91 Å². The minimum Gasteiger partial charge on any atom is -0.464 e. The van der Waals surface area contributed by atoms with Gasteiger partial charge < -0.3 is 15.0 Å². The number of hydrogen-bond acceptors (Lipinski definition) is 5. The SMILES string of the molecule is CCOC(=O)C1CSCCN1C(=O)CNC(C)(C)C. The van der Waals surface area contributed by atoms with Gasteiger partial charge in [0, 0.05) is 23.6 Å². The molecule has 110 valence electrons. The van der Waals surface area contributed by atoms with Crippen molar-refractivity contribution in [1.29, 1.82) is 0 Å². The van der Waals surface area contributed by atoms with E-state index >= 15 is 0 Å². The Morgan fingerprint density at radius 1 is 1.42 bits per heavy atom. The van der Waals surface area contributed by atoms with Crippen molar-refractivity contribution in [3.8, 4) is 0 Å². The van der Waals surface area contributed by atoms with Gasteiger partial charge in [-0.2, -0.15) is 11.8 Å². The van der Waals surface area contributed by atoms with Crippen molar-refractivity contribution < 1.29 is 14.3 Å². The van der Waals surface area contributed by atoms with Gasteiger partial charge in [-0.1, -0.05) is 0 Å². The summed E-state index contributed by atoms with van der Waals surface area (Å²) in [6.07, 6.45) is 0. The summed E-state index contributed by atoms with van der Waals surface area (Å²) >= 11 is 1.69. The third kappa shape index (κ3) is 5.40. The van der Waals surface area contributed by atoms with Crippen LogP contribution in [0, 0.1) is 0 Å². The number of hydrogen-bond donors (Lipinski definition) is 1. The highest BCUT2D eigenvalue weighted by Gasteiger charge is 2.33. The van der Waals surface area contributed by atoms with Gasteiger partial charge in [0.1, 0.15) is 6.04 Å². The highest BCUT2D eigenvalue weighted by Crippen LogP contribution is 2.18. The summed E-state index contributed by atoms with van der Waals surface area (Å²) in [5, 5.41) is 3.16. The van der Waals surface area contributed by atoms with Crippen LogP contribution in [0.15, 0.2) is 0 Å². The second-order valence-electron chi connectivity index (χ2n) is 5.53. The number of esters is 1. The van der Waals surface area contributed by atoms with Gasteiger partial charge in [0.15, 0.2) is 0 Å². The number of thioether (sulfide) groups is 1. The maximum atomic E-state index is 12.2. The van der Waals surface area contributed by atoms with Crippen LogP contribution < -0.4 is 5.32 Å². The summed E-state index contributed by atoms with van der Waals surface area (Å²) < 4.78 is 5.04. The lowest BCUT2D eigenvalue weighted by atomic mass is 10.1. The van der Waals surface area contributed by atoms with Gasteiger partial charge in [-0.25, -0.2) is 4.79 Å². The van der Waals surface area contributed by atoms with E-state index in [1.165, 1.54) is 0 Å². The zero-order valence-corrected chi connectivity index (χ0v) is 13.0. The molecule has 0 saturated carbocycles. The first-order valence-corrected chi connectivity index (χ1v) is 7.79. The van der Waals surface area contributed by atoms with Gasteiger partial charge in [-0.05, 0) is 27.7 Å². The van der Waals surface area contributed by atoms with Crippen LogP contribution >= 0.6 is 11.8 Å². The topological polar surface area (TPSA) is 58.6 Å². The first-order valence-electron chi connectivity index (χ1n) is 6.64. The van der Waals surface area contributed by atoms with Gasteiger partial charge in [0.25, 0.3) is 0 Å². The molecule has 1 heterocycles. The van der Waals surface area contributed by atoms with Crippen molar-refractivity contribution in [3.63, 3.8) is 0 Å². The first kappa shape index (κ1) is 16.3. The molecule has 1 amide bonds. The quantitative estimate of drug-likeness (QED) is 0.778. The Morgan fingerprint density at radius 3 is 2.68 bits per heavy atom. The molecule has 19 heavy (non-hydrogen) atoms. The number of amides is 1. The molecule has 0 aromatic heterocycles. The summed E-state index contributed by atoms with van der Waals surface area (Å²) in [6.45, 7) is 9.02. The van der Waals surface area contributed by atoms with E-state index in [1.54, 1.807) is 23.6 Å². The normalized spacial score (nSPS) is 20.2. The predicted molar refractivity (Wildman–Crippen MR) is 77.2 cm³/mol. The summed E-state index contributed by atoms with van der Waals surface area (Å²) in [6, 6.07) is -0.437. The molecular formula is C13H24N2O3S. The molecule has 0 bridgehead atoms. The van der Waals surface area contributed by atoms with Crippen molar-refractivity contribution >= 4 is 23.6 Å². The molecule has 5 nitrogen and oxygen atoms in total. The lowest BCUT2D eigenvalue weighted by Gasteiger charge is -2.34. The molecule has 1 aliphatic heterocycles. The minimum atomic E-state index is -0.437. The fourth-order valence-corrected chi connectivity index (χ4v) is 2.81. The molecule has 0 aliphatic carbocycles. The molecular weight excluding hydrogens is 264 g/mol. The van der Waals surface area contributed by atoms with E-state index in [4.69, 9.17) is 4.74 Å². The minimum absolute atomic E-state index is 0.0340. The van der Waals surface area contributed by atoms with E-state index in [9.17, 15) is 9.59 Å². The van der Waals surface area contributed by atoms with Crippen LogP contribution in [0.3, 0.4) is 0 Å². The third-order valence-corrected chi connectivity index (χ3v) is 3.80. The summed E-state index contributed by atoms with van der Waals surface area (Å²) in [7, 11) is 0. The van der Waals surface area contributed by atoms with Crippen LogP contribution in [0.2, 0.25) is 0 Å². The van der Waals surface area contributed by atoms with Crippen molar-refractivity contribution in [2.75, 3.05) is 31.2 Å². The number of ether oxygens (including phenoxy) is 1. The van der Waals surface area contributed by atoms with Crippen LogP contribution in [0.1, 0.15) is 27.7 Å². The molecule has 0 aromatic carbocycles. The number of carbonyl (C=O) groups excluding carboxylic acids is 2. The molecule has 0 spiro atoms. The van der Waals surface area contributed by atoms with Gasteiger partial charge in [0.05, 0.1) is 13.2 Å². The molecule has 1 unspecified atom stereocenters. The Balaban J connectivity index is 2.61. The van der Waals surface area contributed by atoms with E-state index in [-0.39, 0.29) is 24.0 Å². The Bertz CT molecular complexity index is 328. The van der Waals surface area contributed by atoms with E-state index in [0.717, 1.165) is 5.75 Å². The molecule has 1 atom stereocenters. The molecule has 1 saturated heterocycles. The van der Waals surface area contributed by atoms with Crippen LogP contribution in [-0.4, -0.2) is 59.6 Å². The molecule has 0 aromatic rings. The van der Waals surface area contributed by atoms with Crippen molar-refractivity contribution in [2.45, 2.75) is 39.3 Å². The van der Waals surface area contributed by atoms with E-state index in [0.29, 0.717) is 18.9 Å². The monoisotopic (exact) mass is 288 g/mol. The van der Waals surface area contributed by atoms with Crippen LogP contribution in [-0.2, 0) is 14.3 Å². The number of nitrogens with zero attached hydrogens (tertiary/aromatic N) is 1. The van der Waals surface area contributed by atoms with Crippen LogP contribution in [0.4, 0.5) is 0 Å². The van der Waals surface area contributed by atoms with E-state index in [1.807, 2.05) is 20.8 Å². The molecule has 1 N–H and O–H groups in total. The third-order valence-electron chi connectivity index (χ3n) is 2.78. The highest BCUT2D eigenvalue weighted by molar-refractivity contribution is 7.99. The molecule has 1 fully saturated rings. The summed E-state index contributed by atoms with van der Waals surface area (Å²) in [5.74, 6) is 1.17. The van der Waals surface area contributed by atoms with Gasteiger partial charge in [-0.15, -0.1) is 0 Å². The lowest BCUT2D eigenvalue weighted by Crippen LogP contribution is -2.54. The summed E-state index contributed by atoms with van der Waals surface area (Å²) in [5.41, 5.74) is -0.111. The smallest absolute Gasteiger partial charge is 0.329 e. The Labute approximate surface area is 119 Å². The maximum Gasteiger partial charge on any atom is 0.329 e. The van der Waals surface area contributed by atoms with Crippen LogP contribution in [0.5, 0.6) is 0 Å². The Kier molecular flexibility index (Phi) is 6.13. The average Bonchev–Trinajstić information content (AvgIpc) is 2.35. The van der Waals surface area contributed by atoms with Crippen molar-refractivity contribution in [2.24, 2.45) is 0 Å². The standard InChI is InChI=1S/C13H24N2O3S/c1-5-18-12(17)10-9-19-7-6-15(10)11(16)8-14-13(2,3)4/h10,14H,5-9H2,1-4H3. The second-order valence-corrected chi connectivity index (χ2v) is 6.68. The maximum absolute atomic E-state index is 12.2. The van der Waals surface area contributed by atoms with Gasteiger partial charge >= 0.3 is 5.97 Å². The first-order chi connectivity index (χ1) is 8.85. The van der Waals surface area contributed by atoms with Gasteiger partial charge in [-0.3, -0.25) is 4.79 Å². The number of nitrogens with one attached hydrogen (secondary N) is 1. The summed E-state index contributed by atoms with van der Waals surface area (Å²) in [4.78, 5) is 25.7. The molecule has 1 rings (SSSR count). The molecule has 6 heteroatoms. The number of carbonyl (C=O) groups is 2. The van der Waals surface area contributed by atoms with E-state index in [2.05, 4.69) is 5.32 Å². The zero-order valence-electron chi connectivity index (χ0n) is 12.2. The molecule has 0 radical (unpaired) electrons. The number of rotatable bonds is 4. The van der Waals surface area contributed by atoms with Crippen molar-refractivity contribution in [1.82, 2.24) is 10.2 Å². The molecule has 1 aliphatic rings. The highest BCUT2D eigenvalue weighted by atomic mass is 32.2. The largest absolute Gasteiger partial charge is 0.464 e. The average molecular weight is 288 g/mol.